The zero-order chi connectivity index (χ0) is 21.1. The molecule has 1 atom stereocenters. The van der Waals surface area contributed by atoms with Crippen molar-refractivity contribution in [2.75, 3.05) is 37.6 Å². The van der Waals surface area contributed by atoms with Crippen LogP contribution in [0.25, 0.3) is 11.0 Å². The first kappa shape index (κ1) is 20.3. The summed E-state index contributed by atoms with van der Waals surface area (Å²) < 4.78 is 25.6. The Morgan fingerprint density at radius 1 is 1.13 bits per heavy atom. The Morgan fingerprint density at radius 2 is 1.87 bits per heavy atom. The number of carbonyl (C=O) groups is 1. The van der Waals surface area contributed by atoms with E-state index < -0.39 is 6.43 Å². The molecule has 30 heavy (non-hydrogen) atoms. The van der Waals surface area contributed by atoms with Crippen molar-refractivity contribution in [3.05, 3.63) is 59.9 Å². The van der Waals surface area contributed by atoms with Crippen LogP contribution in [0.4, 0.5) is 14.5 Å². The van der Waals surface area contributed by atoms with Crippen LogP contribution in [0, 0.1) is 0 Å². The zero-order valence-corrected chi connectivity index (χ0v) is 16.8. The standard InChI is InChI=1S/C22H25F2N5O/c1-15(28-9-11-29(12-10-28)17-5-3-2-4-6-17)14-25-22(30)16-7-8-18-19(13-16)27-21(26-18)20(23)24/h2-8,13,15,20H,9-12,14H2,1H3,(H,25,30)(H,26,27). The van der Waals surface area contributed by atoms with E-state index in [-0.39, 0.29) is 17.8 Å². The molecule has 158 valence electrons. The molecule has 0 radical (unpaired) electrons. The number of anilines is 1. The fraction of sp³-hybridized carbons (Fsp3) is 0.364. The number of carbonyl (C=O) groups excluding carboxylic acids is 1. The SMILES string of the molecule is CC(CNC(=O)c1ccc2nc(C(F)F)[nH]c2c1)N1CCN(c2ccccc2)CC1. The molecule has 1 aliphatic heterocycles. The summed E-state index contributed by atoms with van der Waals surface area (Å²) in [4.78, 5) is 23.7. The van der Waals surface area contributed by atoms with Gasteiger partial charge in [0.1, 0.15) is 0 Å². The molecular formula is C22H25F2N5O. The molecular weight excluding hydrogens is 388 g/mol. The third-order valence-electron chi connectivity index (χ3n) is 5.59. The molecule has 0 bridgehead atoms. The quantitative estimate of drug-likeness (QED) is 0.650. The third-order valence-corrected chi connectivity index (χ3v) is 5.59. The highest BCUT2D eigenvalue weighted by Gasteiger charge is 2.22. The molecule has 1 aromatic heterocycles. The second kappa shape index (κ2) is 8.79. The Morgan fingerprint density at radius 3 is 2.57 bits per heavy atom. The number of piperazine rings is 1. The van der Waals surface area contributed by atoms with Crippen LogP contribution in [0.2, 0.25) is 0 Å². The van der Waals surface area contributed by atoms with Crippen molar-refractivity contribution in [3.8, 4) is 0 Å². The van der Waals surface area contributed by atoms with Crippen LogP contribution in [0.1, 0.15) is 29.5 Å². The number of fused-ring (bicyclic) bond motifs is 1. The van der Waals surface area contributed by atoms with Crippen LogP contribution < -0.4 is 10.2 Å². The molecule has 4 rings (SSSR count). The highest BCUT2D eigenvalue weighted by molar-refractivity contribution is 5.97. The summed E-state index contributed by atoms with van der Waals surface area (Å²) in [5.74, 6) is -0.606. The molecule has 1 aliphatic rings. The molecule has 1 amide bonds. The number of rotatable bonds is 6. The fourth-order valence-electron chi connectivity index (χ4n) is 3.81. The highest BCUT2D eigenvalue weighted by atomic mass is 19.3. The fourth-order valence-corrected chi connectivity index (χ4v) is 3.81. The van der Waals surface area contributed by atoms with E-state index in [4.69, 9.17) is 0 Å². The van der Waals surface area contributed by atoms with Crippen LogP contribution in [-0.2, 0) is 0 Å². The third kappa shape index (κ3) is 4.43. The zero-order valence-electron chi connectivity index (χ0n) is 16.8. The maximum Gasteiger partial charge on any atom is 0.295 e. The summed E-state index contributed by atoms with van der Waals surface area (Å²) in [7, 11) is 0. The first-order valence-corrected chi connectivity index (χ1v) is 10.1. The van der Waals surface area contributed by atoms with Gasteiger partial charge in [0.2, 0.25) is 0 Å². The van der Waals surface area contributed by atoms with E-state index in [2.05, 4.69) is 56.3 Å². The second-order valence-corrected chi connectivity index (χ2v) is 7.57. The van der Waals surface area contributed by atoms with E-state index >= 15 is 0 Å². The lowest BCUT2D eigenvalue weighted by Gasteiger charge is -2.39. The average Bonchev–Trinajstić information content (AvgIpc) is 3.22. The number of amides is 1. The van der Waals surface area contributed by atoms with Crippen LogP contribution in [0.5, 0.6) is 0 Å². The van der Waals surface area contributed by atoms with Crippen LogP contribution in [-0.4, -0.2) is 59.5 Å². The number of aromatic nitrogens is 2. The van der Waals surface area contributed by atoms with Gasteiger partial charge in [0.05, 0.1) is 11.0 Å². The van der Waals surface area contributed by atoms with E-state index in [1.807, 2.05) is 6.07 Å². The van der Waals surface area contributed by atoms with Gasteiger partial charge in [-0.3, -0.25) is 9.69 Å². The number of aromatic amines is 1. The molecule has 1 saturated heterocycles. The van der Waals surface area contributed by atoms with E-state index in [9.17, 15) is 13.6 Å². The number of nitrogens with zero attached hydrogens (tertiary/aromatic N) is 3. The van der Waals surface area contributed by atoms with Crippen molar-refractivity contribution < 1.29 is 13.6 Å². The Bertz CT molecular complexity index is 999. The summed E-state index contributed by atoms with van der Waals surface area (Å²) in [5.41, 5.74) is 2.52. The normalized spacial score (nSPS) is 16.2. The van der Waals surface area contributed by atoms with Crippen LogP contribution in [0.15, 0.2) is 48.5 Å². The van der Waals surface area contributed by atoms with Gasteiger partial charge in [-0.2, -0.15) is 0 Å². The molecule has 2 N–H and O–H groups in total. The molecule has 2 aromatic carbocycles. The maximum absolute atomic E-state index is 12.8. The Balaban J connectivity index is 1.30. The van der Waals surface area contributed by atoms with E-state index in [0.29, 0.717) is 23.1 Å². The van der Waals surface area contributed by atoms with Crippen LogP contribution >= 0.6 is 0 Å². The number of alkyl halides is 2. The predicted molar refractivity (Wildman–Crippen MR) is 113 cm³/mol. The van der Waals surface area contributed by atoms with E-state index in [1.54, 1.807) is 18.2 Å². The molecule has 3 aromatic rings. The summed E-state index contributed by atoms with van der Waals surface area (Å²) in [5, 5.41) is 2.96. The number of H-pyrrole nitrogens is 1. The molecule has 1 unspecified atom stereocenters. The van der Waals surface area contributed by atoms with Gasteiger partial charge in [0.25, 0.3) is 12.3 Å². The van der Waals surface area contributed by atoms with E-state index in [0.717, 1.165) is 26.2 Å². The highest BCUT2D eigenvalue weighted by Crippen LogP contribution is 2.21. The van der Waals surface area contributed by atoms with Crippen molar-refractivity contribution in [3.63, 3.8) is 0 Å². The predicted octanol–water partition coefficient (Wildman–Crippen LogP) is 3.44. The number of halogens is 2. The summed E-state index contributed by atoms with van der Waals surface area (Å²) >= 11 is 0. The number of hydrogen-bond donors (Lipinski definition) is 2. The van der Waals surface area contributed by atoms with Gasteiger partial charge < -0.3 is 15.2 Å². The number of imidazole rings is 1. The second-order valence-electron chi connectivity index (χ2n) is 7.57. The van der Waals surface area contributed by atoms with Crippen molar-refractivity contribution >= 4 is 22.6 Å². The monoisotopic (exact) mass is 413 g/mol. The molecule has 0 saturated carbocycles. The van der Waals surface area contributed by atoms with Gasteiger partial charge in [-0.15, -0.1) is 0 Å². The molecule has 0 aliphatic carbocycles. The minimum Gasteiger partial charge on any atom is -0.369 e. The number of nitrogens with one attached hydrogen (secondary N) is 2. The lowest BCUT2D eigenvalue weighted by molar-refractivity contribution is 0.0934. The molecule has 2 heterocycles. The number of benzene rings is 2. The minimum atomic E-state index is -2.67. The van der Waals surface area contributed by atoms with Crippen molar-refractivity contribution in [2.24, 2.45) is 0 Å². The van der Waals surface area contributed by atoms with E-state index in [1.165, 1.54) is 5.69 Å². The smallest absolute Gasteiger partial charge is 0.295 e. The summed E-state index contributed by atoms with van der Waals surface area (Å²) in [6, 6.07) is 15.3. The largest absolute Gasteiger partial charge is 0.369 e. The van der Waals surface area contributed by atoms with Crippen molar-refractivity contribution in [1.82, 2.24) is 20.2 Å². The summed E-state index contributed by atoms with van der Waals surface area (Å²) in [6.45, 7) is 6.39. The van der Waals surface area contributed by atoms with Crippen molar-refractivity contribution in [2.45, 2.75) is 19.4 Å². The lowest BCUT2D eigenvalue weighted by atomic mass is 10.1. The molecule has 1 fully saturated rings. The molecule has 0 spiro atoms. The van der Waals surface area contributed by atoms with Gasteiger partial charge in [-0.05, 0) is 37.3 Å². The van der Waals surface area contributed by atoms with Gasteiger partial charge >= 0.3 is 0 Å². The van der Waals surface area contributed by atoms with Gasteiger partial charge in [0.15, 0.2) is 5.82 Å². The average molecular weight is 413 g/mol. The number of para-hydroxylation sites is 1. The lowest BCUT2D eigenvalue weighted by Crippen LogP contribution is -2.52. The Kier molecular flexibility index (Phi) is 5.94. The van der Waals surface area contributed by atoms with Gasteiger partial charge in [0, 0.05) is 50.0 Å². The first-order chi connectivity index (χ1) is 14.5. The molecule has 6 nitrogen and oxygen atoms in total. The van der Waals surface area contributed by atoms with Crippen molar-refractivity contribution in [1.29, 1.82) is 0 Å². The topological polar surface area (TPSA) is 64.3 Å². The Hall–Kier alpha value is -3.00. The number of hydrogen-bond acceptors (Lipinski definition) is 4. The van der Waals surface area contributed by atoms with Crippen LogP contribution in [0.3, 0.4) is 0 Å². The van der Waals surface area contributed by atoms with Gasteiger partial charge in [-0.25, -0.2) is 13.8 Å². The maximum atomic E-state index is 12.8. The minimum absolute atomic E-state index is 0.202. The molecule has 8 heteroatoms. The Labute approximate surface area is 173 Å². The first-order valence-electron chi connectivity index (χ1n) is 10.1. The summed E-state index contributed by atoms with van der Waals surface area (Å²) in [6.07, 6.45) is -2.67. The van der Waals surface area contributed by atoms with Gasteiger partial charge in [-0.1, -0.05) is 18.2 Å².